The van der Waals surface area contributed by atoms with Gasteiger partial charge in [-0.15, -0.1) is 0 Å². The molecular weight excluding hydrogens is 452 g/mol. The Kier molecular flexibility index (Phi) is 8.34. The molecule has 0 saturated carbocycles. The highest BCUT2D eigenvalue weighted by atomic mass is 35.5. The molecule has 0 saturated heterocycles. The van der Waals surface area contributed by atoms with Gasteiger partial charge >= 0.3 is 12.6 Å². The summed E-state index contributed by atoms with van der Waals surface area (Å²) in [6, 6.07) is 24.2. The van der Waals surface area contributed by atoms with Crippen LogP contribution in [0.1, 0.15) is 17.0 Å². The lowest BCUT2D eigenvalue weighted by atomic mass is 9.90. The van der Waals surface area contributed by atoms with E-state index >= 15 is 0 Å². The van der Waals surface area contributed by atoms with E-state index in [1.165, 1.54) is 12.1 Å². The molecule has 1 atom stereocenters. The predicted molar refractivity (Wildman–Crippen MR) is 124 cm³/mol. The summed E-state index contributed by atoms with van der Waals surface area (Å²) in [5.74, 6) is -0.785. The van der Waals surface area contributed by atoms with Gasteiger partial charge < -0.3 is 15.6 Å². The lowest BCUT2D eigenvalue weighted by molar-refractivity contribution is -0.135. The van der Waals surface area contributed by atoms with Crippen LogP contribution in [0.5, 0.6) is 5.75 Å². The highest BCUT2D eigenvalue weighted by molar-refractivity contribution is 6.30. The SMILES string of the molecule is FC(F)Oc1ccc(C2=NN(c3ccc(Cl)cc3)CC2c2ccccc2)cc1.NCC(=O)O. The van der Waals surface area contributed by atoms with Crippen LogP contribution in [-0.4, -0.2) is 36.5 Å². The number of carbonyl (C=O) groups is 1. The topological polar surface area (TPSA) is 88.1 Å². The molecule has 0 fully saturated rings. The maximum Gasteiger partial charge on any atom is 0.387 e. The van der Waals surface area contributed by atoms with Gasteiger partial charge in [0.15, 0.2) is 0 Å². The van der Waals surface area contributed by atoms with E-state index in [0.29, 0.717) is 11.6 Å². The fourth-order valence-electron chi connectivity index (χ4n) is 3.29. The number of ether oxygens (including phenoxy) is 1. The molecule has 1 aliphatic heterocycles. The maximum absolute atomic E-state index is 12.4. The summed E-state index contributed by atoms with van der Waals surface area (Å²) >= 11 is 6.00. The number of nitrogens with zero attached hydrogens (tertiary/aromatic N) is 2. The number of benzene rings is 3. The van der Waals surface area contributed by atoms with Crippen molar-refractivity contribution < 1.29 is 23.4 Å². The van der Waals surface area contributed by atoms with E-state index in [-0.39, 0.29) is 18.2 Å². The highest BCUT2D eigenvalue weighted by Gasteiger charge is 2.29. The quantitative estimate of drug-likeness (QED) is 0.527. The number of alkyl halides is 2. The predicted octanol–water partition coefficient (Wildman–Crippen LogP) is 4.98. The summed E-state index contributed by atoms with van der Waals surface area (Å²) in [5, 5.41) is 15.0. The summed E-state index contributed by atoms with van der Waals surface area (Å²) in [5.41, 5.74) is 8.41. The summed E-state index contributed by atoms with van der Waals surface area (Å²) in [4.78, 5) is 9.24. The Balaban J connectivity index is 0.000000555. The van der Waals surface area contributed by atoms with Crippen molar-refractivity contribution in [2.45, 2.75) is 12.5 Å². The first-order chi connectivity index (χ1) is 15.9. The minimum atomic E-state index is -2.84. The third-order valence-corrected chi connectivity index (χ3v) is 5.04. The van der Waals surface area contributed by atoms with Crippen LogP contribution in [0.2, 0.25) is 5.02 Å². The molecule has 1 unspecified atom stereocenters. The second kappa shape index (κ2) is 11.4. The summed E-state index contributed by atoms with van der Waals surface area (Å²) in [6.07, 6.45) is 0. The number of rotatable bonds is 6. The molecule has 33 heavy (non-hydrogen) atoms. The van der Waals surface area contributed by atoms with Crippen molar-refractivity contribution in [1.82, 2.24) is 0 Å². The van der Waals surface area contributed by atoms with Gasteiger partial charge in [0.1, 0.15) is 5.75 Å². The van der Waals surface area contributed by atoms with Crippen molar-refractivity contribution >= 4 is 29.0 Å². The number of anilines is 1. The Labute approximate surface area is 194 Å². The zero-order valence-corrected chi connectivity index (χ0v) is 18.2. The van der Waals surface area contributed by atoms with Crippen molar-refractivity contribution in [1.29, 1.82) is 0 Å². The van der Waals surface area contributed by atoms with Crippen LogP contribution < -0.4 is 15.5 Å². The third-order valence-electron chi connectivity index (χ3n) is 4.79. The first-order valence-corrected chi connectivity index (χ1v) is 10.4. The summed E-state index contributed by atoms with van der Waals surface area (Å²) in [7, 11) is 0. The molecule has 0 aliphatic carbocycles. The van der Waals surface area contributed by atoms with Crippen molar-refractivity contribution in [2.24, 2.45) is 10.8 Å². The minimum Gasteiger partial charge on any atom is -0.480 e. The second-order valence-corrected chi connectivity index (χ2v) is 7.44. The number of hydrogen-bond acceptors (Lipinski definition) is 5. The molecule has 0 aromatic heterocycles. The van der Waals surface area contributed by atoms with Gasteiger partial charge in [0.05, 0.1) is 24.5 Å². The van der Waals surface area contributed by atoms with E-state index < -0.39 is 12.6 Å². The van der Waals surface area contributed by atoms with Gasteiger partial charge in [-0.2, -0.15) is 13.9 Å². The molecule has 0 bridgehead atoms. The molecule has 4 rings (SSSR count). The van der Waals surface area contributed by atoms with E-state index in [1.807, 2.05) is 47.5 Å². The zero-order valence-electron chi connectivity index (χ0n) is 17.4. The molecule has 3 aromatic carbocycles. The van der Waals surface area contributed by atoms with Crippen LogP contribution in [0.25, 0.3) is 0 Å². The standard InChI is InChI=1S/C22H17ClF2N2O.C2H5NO2/c23-17-8-10-18(11-9-17)27-14-20(15-4-2-1-3-5-15)21(26-27)16-6-12-19(13-7-16)28-22(24)25;3-1-2(4)5/h1-13,20,22H,14H2;1,3H2,(H,4,5). The van der Waals surface area contributed by atoms with Gasteiger partial charge in [0.2, 0.25) is 0 Å². The van der Waals surface area contributed by atoms with E-state index in [2.05, 4.69) is 22.6 Å². The van der Waals surface area contributed by atoms with Crippen LogP contribution in [-0.2, 0) is 4.79 Å². The average Bonchev–Trinajstić information content (AvgIpc) is 3.26. The van der Waals surface area contributed by atoms with Crippen LogP contribution in [0.4, 0.5) is 14.5 Å². The van der Waals surface area contributed by atoms with Crippen LogP contribution >= 0.6 is 11.6 Å². The van der Waals surface area contributed by atoms with Gasteiger partial charge in [-0.3, -0.25) is 9.80 Å². The van der Waals surface area contributed by atoms with Crippen molar-refractivity contribution in [3.05, 3.63) is 95.0 Å². The monoisotopic (exact) mass is 473 g/mol. The van der Waals surface area contributed by atoms with E-state index in [0.717, 1.165) is 22.5 Å². The fourth-order valence-corrected chi connectivity index (χ4v) is 3.42. The van der Waals surface area contributed by atoms with Gasteiger partial charge in [0, 0.05) is 10.9 Å². The van der Waals surface area contributed by atoms with Gasteiger partial charge in [-0.1, -0.05) is 41.9 Å². The first kappa shape index (κ1) is 24.2. The Hall–Kier alpha value is -3.49. The summed E-state index contributed by atoms with van der Waals surface area (Å²) in [6.45, 7) is -2.44. The number of carboxylic acids is 1. The van der Waals surface area contributed by atoms with Crippen molar-refractivity contribution in [3.8, 4) is 5.75 Å². The molecule has 9 heteroatoms. The van der Waals surface area contributed by atoms with Gasteiger partial charge in [-0.25, -0.2) is 0 Å². The smallest absolute Gasteiger partial charge is 0.387 e. The maximum atomic E-state index is 12.4. The average molecular weight is 474 g/mol. The molecular formula is C24H22ClF2N3O3. The van der Waals surface area contributed by atoms with Crippen LogP contribution in [0, 0.1) is 0 Å². The van der Waals surface area contributed by atoms with E-state index in [9.17, 15) is 13.6 Å². The molecule has 1 heterocycles. The van der Waals surface area contributed by atoms with Crippen molar-refractivity contribution in [2.75, 3.05) is 18.1 Å². The van der Waals surface area contributed by atoms with E-state index in [1.54, 1.807) is 12.1 Å². The number of nitrogens with two attached hydrogens (primary N) is 1. The Bertz CT molecular complexity index is 1080. The molecule has 0 amide bonds. The molecule has 172 valence electrons. The van der Waals surface area contributed by atoms with Crippen LogP contribution in [0.3, 0.4) is 0 Å². The molecule has 6 nitrogen and oxygen atoms in total. The first-order valence-electron chi connectivity index (χ1n) is 10.0. The molecule has 0 spiro atoms. The highest BCUT2D eigenvalue weighted by Crippen LogP contribution is 2.32. The number of hydrazone groups is 1. The number of hydrogen-bond donors (Lipinski definition) is 2. The molecule has 1 aliphatic rings. The molecule has 0 radical (unpaired) electrons. The normalized spacial score (nSPS) is 15.0. The largest absolute Gasteiger partial charge is 0.480 e. The molecule has 3 aromatic rings. The van der Waals surface area contributed by atoms with E-state index in [4.69, 9.17) is 21.8 Å². The van der Waals surface area contributed by atoms with Crippen LogP contribution in [0.15, 0.2) is 84.0 Å². The van der Waals surface area contributed by atoms with Crippen molar-refractivity contribution in [3.63, 3.8) is 0 Å². The Morgan fingerprint density at radius 1 is 1.09 bits per heavy atom. The Morgan fingerprint density at radius 2 is 1.70 bits per heavy atom. The number of carboxylic acid groups (broad SMARTS) is 1. The summed E-state index contributed by atoms with van der Waals surface area (Å²) < 4.78 is 29.3. The minimum absolute atomic E-state index is 0.0544. The fraction of sp³-hybridized carbons (Fsp3) is 0.167. The number of halogens is 3. The second-order valence-electron chi connectivity index (χ2n) is 7.01. The third kappa shape index (κ3) is 6.74. The lowest BCUT2D eigenvalue weighted by Gasteiger charge is -2.16. The molecule has 3 N–H and O–H groups in total. The lowest BCUT2D eigenvalue weighted by Crippen LogP contribution is -2.18. The Morgan fingerprint density at radius 3 is 2.24 bits per heavy atom. The zero-order chi connectivity index (χ0) is 23.8. The van der Waals surface area contributed by atoms with Gasteiger partial charge in [0.25, 0.3) is 0 Å². The van der Waals surface area contributed by atoms with Gasteiger partial charge in [-0.05, 0) is 59.7 Å². The number of aliphatic carboxylic acids is 1.